The highest BCUT2D eigenvalue weighted by atomic mass is 35.5. The van der Waals surface area contributed by atoms with E-state index in [0.717, 1.165) is 16.7 Å². The number of carbonyl (C=O) groups excluding carboxylic acids is 2. The summed E-state index contributed by atoms with van der Waals surface area (Å²) in [6.07, 6.45) is -0.934. The van der Waals surface area contributed by atoms with Gasteiger partial charge in [0.05, 0.1) is 11.6 Å². The van der Waals surface area contributed by atoms with Crippen LogP contribution in [0.5, 0.6) is 0 Å². The maximum atomic E-state index is 12.4. The van der Waals surface area contributed by atoms with Gasteiger partial charge in [-0.1, -0.05) is 47.0 Å². The van der Waals surface area contributed by atoms with Crippen molar-refractivity contribution < 1.29 is 14.3 Å². The highest BCUT2D eigenvalue weighted by molar-refractivity contribution is 6.35. The molecule has 1 N–H and O–H groups in total. The molecule has 0 heterocycles. The SMILES string of the molecule is Cc1ccc(C)c(C(=O)O[C@H](C)C(=O)N[C@H](C)c2ccc(Cl)cc2Cl)c1. The zero-order valence-electron chi connectivity index (χ0n) is 15.1. The number of amides is 1. The second kappa shape index (κ2) is 8.56. The first-order chi connectivity index (χ1) is 12.2. The van der Waals surface area contributed by atoms with Crippen LogP contribution in [0.2, 0.25) is 10.0 Å². The van der Waals surface area contributed by atoms with Crippen molar-refractivity contribution in [3.05, 3.63) is 68.7 Å². The number of nitrogens with one attached hydrogen (secondary N) is 1. The minimum absolute atomic E-state index is 0.353. The largest absolute Gasteiger partial charge is 0.449 e. The summed E-state index contributed by atoms with van der Waals surface area (Å²) in [4.78, 5) is 24.7. The number of carbonyl (C=O) groups is 2. The average Bonchev–Trinajstić information content (AvgIpc) is 2.56. The highest BCUT2D eigenvalue weighted by Crippen LogP contribution is 2.26. The molecule has 0 aliphatic heterocycles. The molecule has 2 rings (SSSR count). The lowest BCUT2D eigenvalue weighted by Gasteiger charge is -2.19. The van der Waals surface area contributed by atoms with Gasteiger partial charge in [0, 0.05) is 10.0 Å². The third-order valence-electron chi connectivity index (χ3n) is 4.05. The fourth-order valence-electron chi connectivity index (χ4n) is 2.49. The molecule has 0 aromatic heterocycles. The highest BCUT2D eigenvalue weighted by Gasteiger charge is 2.22. The van der Waals surface area contributed by atoms with E-state index in [1.165, 1.54) is 6.92 Å². The van der Waals surface area contributed by atoms with Gasteiger partial charge < -0.3 is 10.1 Å². The van der Waals surface area contributed by atoms with E-state index in [0.29, 0.717) is 15.6 Å². The van der Waals surface area contributed by atoms with Crippen LogP contribution < -0.4 is 5.32 Å². The van der Waals surface area contributed by atoms with Crippen molar-refractivity contribution in [2.45, 2.75) is 39.8 Å². The Morgan fingerprint density at radius 2 is 1.73 bits per heavy atom. The predicted molar refractivity (Wildman–Crippen MR) is 104 cm³/mol. The number of benzene rings is 2. The van der Waals surface area contributed by atoms with E-state index in [-0.39, 0.29) is 6.04 Å². The molecule has 0 aliphatic rings. The van der Waals surface area contributed by atoms with E-state index in [9.17, 15) is 9.59 Å². The molecule has 4 nitrogen and oxygen atoms in total. The summed E-state index contributed by atoms with van der Waals surface area (Å²) in [6.45, 7) is 7.05. The van der Waals surface area contributed by atoms with Crippen LogP contribution in [0.1, 0.15) is 46.9 Å². The van der Waals surface area contributed by atoms with Crippen LogP contribution >= 0.6 is 23.2 Å². The summed E-state index contributed by atoms with van der Waals surface area (Å²) in [6, 6.07) is 10.2. The zero-order valence-corrected chi connectivity index (χ0v) is 16.6. The fraction of sp³-hybridized carbons (Fsp3) is 0.300. The molecule has 0 radical (unpaired) electrons. The molecule has 0 bridgehead atoms. The Labute approximate surface area is 163 Å². The summed E-state index contributed by atoms with van der Waals surface area (Å²) in [5, 5.41) is 3.78. The molecule has 0 saturated heterocycles. The number of rotatable bonds is 5. The van der Waals surface area contributed by atoms with E-state index in [4.69, 9.17) is 27.9 Å². The Bertz CT molecular complexity index is 836. The first-order valence-corrected chi connectivity index (χ1v) is 8.98. The number of aryl methyl sites for hydroxylation is 2. The van der Waals surface area contributed by atoms with E-state index in [1.807, 2.05) is 26.0 Å². The van der Waals surface area contributed by atoms with Crippen molar-refractivity contribution in [2.75, 3.05) is 0 Å². The molecule has 6 heteroatoms. The van der Waals surface area contributed by atoms with Gasteiger partial charge in [0.1, 0.15) is 0 Å². The number of halogens is 2. The molecule has 1 amide bonds. The van der Waals surface area contributed by atoms with Crippen molar-refractivity contribution in [3.8, 4) is 0 Å². The Balaban J connectivity index is 2.02. The van der Waals surface area contributed by atoms with Crippen molar-refractivity contribution in [3.63, 3.8) is 0 Å². The Kier molecular flexibility index (Phi) is 6.68. The van der Waals surface area contributed by atoms with E-state index < -0.39 is 18.0 Å². The van der Waals surface area contributed by atoms with Crippen molar-refractivity contribution in [1.82, 2.24) is 5.32 Å². The maximum Gasteiger partial charge on any atom is 0.339 e. The third kappa shape index (κ3) is 4.99. The van der Waals surface area contributed by atoms with Gasteiger partial charge in [-0.05, 0) is 57.0 Å². The summed E-state index contributed by atoms with van der Waals surface area (Å²) in [5.41, 5.74) is 2.94. The van der Waals surface area contributed by atoms with Crippen LogP contribution in [-0.4, -0.2) is 18.0 Å². The van der Waals surface area contributed by atoms with Gasteiger partial charge in [-0.25, -0.2) is 4.79 Å². The molecule has 2 aromatic rings. The molecule has 0 spiro atoms. The number of ether oxygens (including phenoxy) is 1. The molecular weight excluding hydrogens is 373 g/mol. The lowest BCUT2D eigenvalue weighted by atomic mass is 10.1. The van der Waals surface area contributed by atoms with Gasteiger partial charge in [-0.15, -0.1) is 0 Å². The second-order valence-electron chi connectivity index (χ2n) is 6.26. The minimum Gasteiger partial charge on any atom is -0.449 e. The van der Waals surface area contributed by atoms with Crippen LogP contribution in [0.3, 0.4) is 0 Å². The van der Waals surface area contributed by atoms with Gasteiger partial charge >= 0.3 is 5.97 Å². The summed E-state index contributed by atoms with van der Waals surface area (Å²) in [7, 11) is 0. The predicted octanol–water partition coefficient (Wildman–Crippen LogP) is 5.03. The van der Waals surface area contributed by atoms with Crippen LogP contribution in [0.4, 0.5) is 0 Å². The van der Waals surface area contributed by atoms with Crippen molar-refractivity contribution in [1.29, 1.82) is 0 Å². The third-order valence-corrected chi connectivity index (χ3v) is 4.62. The summed E-state index contributed by atoms with van der Waals surface area (Å²) >= 11 is 12.1. The van der Waals surface area contributed by atoms with Crippen LogP contribution in [0.25, 0.3) is 0 Å². The first-order valence-electron chi connectivity index (χ1n) is 8.22. The number of hydrogen-bond donors (Lipinski definition) is 1. The van der Waals surface area contributed by atoms with Gasteiger partial charge in [0.15, 0.2) is 6.10 Å². The van der Waals surface area contributed by atoms with Gasteiger partial charge in [-0.2, -0.15) is 0 Å². The quantitative estimate of drug-likeness (QED) is 0.724. The maximum absolute atomic E-state index is 12.4. The Hall–Kier alpha value is -2.04. The van der Waals surface area contributed by atoms with Gasteiger partial charge in [0.2, 0.25) is 0 Å². The van der Waals surface area contributed by atoms with E-state index in [1.54, 1.807) is 31.2 Å². The number of hydrogen-bond acceptors (Lipinski definition) is 3. The average molecular weight is 394 g/mol. The minimum atomic E-state index is -0.934. The lowest BCUT2D eigenvalue weighted by molar-refractivity contribution is -0.129. The van der Waals surface area contributed by atoms with Crippen LogP contribution in [-0.2, 0) is 9.53 Å². The van der Waals surface area contributed by atoms with E-state index >= 15 is 0 Å². The molecule has 0 saturated carbocycles. The fourth-order valence-corrected chi connectivity index (χ4v) is 3.07. The van der Waals surface area contributed by atoms with Gasteiger partial charge in [-0.3, -0.25) is 4.79 Å². The molecule has 0 unspecified atom stereocenters. The topological polar surface area (TPSA) is 55.4 Å². The van der Waals surface area contributed by atoms with Gasteiger partial charge in [0.25, 0.3) is 5.91 Å². The lowest BCUT2D eigenvalue weighted by Crippen LogP contribution is -2.37. The van der Waals surface area contributed by atoms with Crippen LogP contribution in [0.15, 0.2) is 36.4 Å². The van der Waals surface area contributed by atoms with Crippen LogP contribution in [0, 0.1) is 13.8 Å². The molecule has 0 fully saturated rings. The Morgan fingerprint density at radius 1 is 1.04 bits per heavy atom. The molecule has 0 aliphatic carbocycles. The Morgan fingerprint density at radius 3 is 2.38 bits per heavy atom. The van der Waals surface area contributed by atoms with Crippen molar-refractivity contribution >= 4 is 35.1 Å². The smallest absolute Gasteiger partial charge is 0.339 e. The summed E-state index contributed by atoms with van der Waals surface area (Å²) < 4.78 is 5.32. The van der Waals surface area contributed by atoms with Crippen molar-refractivity contribution in [2.24, 2.45) is 0 Å². The zero-order chi connectivity index (χ0) is 19.4. The second-order valence-corrected chi connectivity index (χ2v) is 7.11. The standard InChI is InChI=1S/C20H21Cl2NO3/c1-11-5-6-12(2)17(9-11)20(25)26-14(4)19(24)23-13(3)16-8-7-15(21)10-18(16)22/h5-10,13-14H,1-4H3,(H,23,24)/t13-,14-/m1/s1. The first kappa shape index (κ1) is 20.3. The molecule has 2 atom stereocenters. The van der Waals surface area contributed by atoms with E-state index in [2.05, 4.69) is 5.32 Å². The number of esters is 1. The molecule has 138 valence electrons. The summed E-state index contributed by atoms with van der Waals surface area (Å²) in [5.74, 6) is -0.923. The molecular formula is C20H21Cl2NO3. The monoisotopic (exact) mass is 393 g/mol. The molecule has 2 aromatic carbocycles. The normalized spacial score (nSPS) is 13.0. The molecule has 26 heavy (non-hydrogen) atoms.